The lowest BCUT2D eigenvalue weighted by molar-refractivity contribution is 0.0322. The Bertz CT molecular complexity index is 1040. The van der Waals surface area contributed by atoms with Gasteiger partial charge in [-0.1, -0.05) is 12.1 Å². The van der Waals surface area contributed by atoms with Crippen LogP contribution in [-0.2, 0) is 4.74 Å². The minimum Gasteiger partial charge on any atom is -0.497 e. The highest BCUT2D eigenvalue weighted by atomic mass is 16.5. The molecule has 0 bridgehead atoms. The topological polar surface area (TPSA) is 106 Å². The van der Waals surface area contributed by atoms with Gasteiger partial charge in [-0.25, -0.2) is 9.78 Å². The predicted molar refractivity (Wildman–Crippen MR) is 118 cm³/mol. The van der Waals surface area contributed by atoms with E-state index < -0.39 is 5.97 Å². The third-order valence-electron chi connectivity index (χ3n) is 5.07. The summed E-state index contributed by atoms with van der Waals surface area (Å²) in [5, 5.41) is 12.1. The van der Waals surface area contributed by atoms with Crippen LogP contribution in [0.1, 0.15) is 10.4 Å². The van der Waals surface area contributed by atoms with Crippen molar-refractivity contribution in [3.8, 4) is 22.8 Å². The van der Waals surface area contributed by atoms with Gasteiger partial charge >= 0.3 is 5.97 Å². The van der Waals surface area contributed by atoms with E-state index in [1.807, 2.05) is 18.2 Å². The van der Waals surface area contributed by atoms with Crippen molar-refractivity contribution in [3.63, 3.8) is 0 Å². The standard InChI is InChI=1S/C23H25N3O6/c1-29-19-12-18(13-20(14-19)31-11-8-26-6-9-30-10-7-26)25-23-24-15-21(32-23)16-2-4-17(5-3-16)22(27)28/h2-5,12-15H,6-11H2,1H3,(H,24,25)(H,27,28). The van der Waals surface area contributed by atoms with Crippen LogP contribution in [0.5, 0.6) is 11.5 Å². The number of nitrogens with one attached hydrogen (secondary N) is 1. The summed E-state index contributed by atoms with van der Waals surface area (Å²) in [6, 6.07) is 12.2. The summed E-state index contributed by atoms with van der Waals surface area (Å²) < 4.78 is 22.5. The molecule has 0 radical (unpaired) electrons. The second-order valence-corrected chi connectivity index (χ2v) is 7.24. The van der Waals surface area contributed by atoms with Crippen LogP contribution in [0.3, 0.4) is 0 Å². The van der Waals surface area contributed by atoms with E-state index in [1.165, 1.54) is 12.1 Å². The number of nitrogens with zero attached hydrogens (tertiary/aromatic N) is 2. The van der Waals surface area contributed by atoms with Gasteiger partial charge in [-0.15, -0.1) is 0 Å². The Hall–Kier alpha value is -3.56. The molecule has 9 heteroatoms. The summed E-state index contributed by atoms with van der Waals surface area (Å²) in [5.41, 5.74) is 1.65. The van der Waals surface area contributed by atoms with Crippen molar-refractivity contribution in [2.75, 3.05) is 51.9 Å². The largest absolute Gasteiger partial charge is 0.497 e. The summed E-state index contributed by atoms with van der Waals surface area (Å²) in [5.74, 6) is 0.871. The number of anilines is 2. The third-order valence-corrected chi connectivity index (χ3v) is 5.07. The average molecular weight is 439 g/mol. The molecular formula is C23H25N3O6. The van der Waals surface area contributed by atoms with Gasteiger partial charge in [0.05, 0.1) is 32.1 Å². The first-order valence-corrected chi connectivity index (χ1v) is 10.3. The molecule has 2 N–H and O–H groups in total. The zero-order valence-corrected chi connectivity index (χ0v) is 17.7. The fraction of sp³-hybridized carbons (Fsp3) is 0.304. The van der Waals surface area contributed by atoms with Crippen LogP contribution in [-0.4, -0.2) is 67.5 Å². The lowest BCUT2D eigenvalue weighted by Gasteiger charge is -2.26. The monoisotopic (exact) mass is 439 g/mol. The first-order valence-electron chi connectivity index (χ1n) is 10.3. The highest BCUT2D eigenvalue weighted by Crippen LogP contribution is 2.30. The van der Waals surface area contributed by atoms with Crippen LogP contribution in [0.25, 0.3) is 11.3 Å². The molecule has 0 saturated carbocycles. The van der Waals surface area contributed by atoms with E-state index in [1.54, 1.807) is 25.4 Å². The predicted octanol–water partition coefficient (Wildman–Crippen LogP) is 3.50. The second kappa shape index (κ2) is 10.2. The van der Waals surface area contributed by atoms with Crippen molar-refractivity contribution in [2.45, 2.75) is 0 Å². The molecule has 0 unspecified atom stereocenters. The van der Waals surface area contributed by atoms with E-state index in [0.29, 0.717) is 35.6 Å². The van der Waals surface area contributed by atoms with Crippen molar-refractivity contribution < 1.29 is 28.5 Å². The number of aromatic nitrogens is 1. The first-order chi connectivity index (χ1) is 15.6. The van der Waals surface area contributed by atoms with E-state index in [0.717, 1.165) is 38.4 Å². The van der Waals surface area contributed by atoms with Gasteiger partial charge in [0.2, 0.25) is 0 Å². The lowest BCUT2D eigenvalue weighted by atomic mass is 10.1. The molecule has 9 nitrogen and oxygen atoms in total. The number of aromatic carboxylic acids is 1. The summed E-state index contributed by atoms with van der Waals surface area (Å²) in [6.07, 6.45) is 1.58. The van der Waals surface area contributed by atoms with Gasteiger partial charge in [0.1, 0.15) is 18.1 Å². The number of methoxy groups -OCH3 is 1. The minimum absolute atomic E-state index is 0.212. The maximum atomic E-state index is 11.0. The van der Waals surface area contributed by atoms with E-state index in [-0.39, 0.29) is 5.56 Å². The molecule has 0 atom stereocenters. The number of hydrogen-bond acceptors (Lipinski definition) is 8. The van der Waals surface area contributed by atoms with Gasteiger partial charge in [0.15, 0.2) is 5.76 Å². The number of morpholine rings is 1. The molecule has 0 spiro atoms. The number of oxazole rings is 1. The Kier molecular flexibility index (Phi) is 6.88. The molecule has 2 aromatic carbocycles. The summed E-state index contributed by atoms with van der Waals surface area (Å²) in [4.78, 5) is 17.6. The van der Waals surface area contributed by atoms with Crippen molar-refractivity contribution in [3.05, 3.63) is 54.2 Å². The van der Waals surface area contributed by atoms with E-state index in [2.05, 4.69) is 15.2 Å². The molecule has 0 amide bonds. The zero-order chi connectivity index (χ0) is 22.3. The molecule has 1 fully saturated rings. The van der Waals surface area contributed by atoms with Gasteiger partial charge in [-0.2, -0.15) is 0 Å². The Balaban J connectivity index is 1.41. The highest BCUT2D eigenvalue weighted by molar-refractivity contribution is 5.88. The SMILES string of the molecule is COc1cc(Nc2ncc(-c3ccc(C(=O)O)cc3)o2)cc(OCCN2CCOCC2)c1. The van der Waals surface area contributed by atoms with E-state index in [9.17, 15) is 4.79 Å². The minimum atomic E-state index is -0.975. The van der Waals surface area contributed by atoms with Crippen LogP contribution in [0.15, 0.2) is 53.1 Å². The van der Waals surface area contributed by atoms with Gasteiger partial charge in [0.25, 0.3) is 6.01 Å². The normalized spacial score (nSPS) is 14.2. The molecule has 2 heterocycles. The molecule has 1 aliphatic rings. The number of ether oxygens (including phenoxy) is 3. The quantitative estimate of drug-likeness (QED) is 0.518. The first kappa shape index (κ1) is 21.7. The number of benzene rings is 2. The summed E-state index contributed by atoms with van der Waals surface area (Å²) in [7, 11) is 1.60. The van der Waals surface area contributed by atoms with Crippen molar-refractivity contribution in [2.24, 2.45) is 0 Å². The maximum Gasteiger partial charge on any atom is 0.335 e. The molecular weight excluding hydrogens is 414 g/mol. The number of rotatable bonds is 9. The molecule has 3 aromatic rings. The highest BCUT2D eigenvalue weighted by Gasteiger charge is 2.12. The van der Waals surface area contributed by atoms with Crippen LogP contribution in [0, 0.1) is 0 Å². The van der Waals surface area contributed by atoms with Crippen molar-refractivity contribution >= 4 is 17.7 Å². The van der Waals surface area contributed by atoms with Gasteiger partial charge in [0, 0.05) is 49.1 Å². The lowest BCUT2D eigenvalue weighted by Crippen LogP contribution is -2.38. The average Bonchev–Trinajstić information content (AvgIpc) is 3.28. The van der Waals surface area contributed by atoms with Gasteiger partial charge < -0.3 is 29.1 Å². The zero-order valence-electron chi connectivity index (χ0n) is 17.7. The second-order valence-electron chi connectivity index (χ2n) is 7.24. The number of carboxylic acids is 1. The molecule has 168 valence electrons. The van der Waals surface area contributed by atoms with Gasteiger partial charge in [-0.05, 0) is 12.1 Å². The fourth-order valence-corrected chi connectivity index (χ4v) is 3.33. The Morgan fingerprint density at radius 1 is 1.16 bits per heavy atom. The summed E-state index contributed by atoms with van der Waals surface area (Å²) >= 11 is 0. The third kappa shape index (κ3) is 5.57. The van der Waals surface area contributed by atoms with Crippen LogP contribution in [0.4, 0.5) is 11.7 Å². The van der Waals surface area contributed by atoms with Crippen LogP contribution < -0.4 is 14.8 Å². The summed E-state index contributed by atoms with van der Waals surface area (Å²) in [6.45, 7) is 4.74. The maximum absolute atomic E-state index is 11.0. The van der Waals surface area contributed by atoms with Crippen LogP contribution >= 0.6 is 0 Å². The van der Waals surface area contributed by atoms with E-state index in [4.69, 9.17) is 23.7 Å². The molecule has 32 heavy (non-hydrogen) atoms. The Morgan fingerprint density at radius 3 is 2.62 bits per heavy atom. The van der Waals surface area contributed by atoms with E-state index >= 15 is 0 Å². The molecule has 4 rings (SSSR count). The van der Waals surface area contributed by atoms with Gasteiger partial charge in [-0.3, -0.25) is 4.90 Å². The van der Waals surface area contributed by atoms with Crippen LogP contribution in [0.2, 0.25) is 0 Å². The molecule has 1 aromatic heterocycles. The number of carbonyl (C=O) groups is 1. The number of hydrogen-bond donors (Lipinski definition) is 2. The van der Waals surface area contributed by atoms with Crippen molar-refractivity contribution in [1.82, 2.24) is 9.88 Å². The Labute approximate surface area is 185 Å². The smallest absolute Gasteiger partial charge is 0.335 e. The number of carboxylic acid groups (broad SMARTS) is 1. The fourth-order valence-electron chi connectivity index (χ4n) is 3.33. The molecule has 1 saturated heterocycles. The molecule has 0 aliphatic carbocycles. The Morgan fingerprint density at radius 2 is 1.91 bits per heavy atom. The molecule has 1 aliphatic heterocycles. The van der Waals surface area contributed by atoms with Crippen molar-refractivity contribution in [1.29, 1.82) is 0 Å².